The number of aromatic nitrogens is 3. The molecule has 0 aromatic carbocycles. The Morgan fingerprint density at radius 3 is 3.14 bits per heavy atom. The molecule has 0 amide bonds. The van der Waals surface area contributed by atoms with Crippen molar-refractivity contribution in [1.29, 1.82) is 0 Å². The fraction of sp³-hybridized carbons (Fsp3) is 0.400. The van der Waals surface area contributed by atoms with Gasteiger partial charge >= 0.3 is 0 Å². The van der Waals surface area contributed by atoms with Crippen LogP contribution in [0.15, 0.2) is 23.1 Å². The highest BCUT2D eigenvalue weighted by atomic mass is 16.3. The van der Waals surface area contributed by atoms with Crippen molar-refractivity contribution >= 4 is 0 Å². The number of H-pyrrole nitrogens is 1. The molecule has 2 aromatic heterocycles. The third-order valence-electron chi connectivity index (χ3n) is 2.57. The molecule has 4 nitrogen and oxygen atoms in total. The first-order valence-electron chi connectivity index (χ1n) is 4.85. The van der Waals surface area contributed by atoms with E-state index in [1.807, 2.05) is 0 Å². The van der Waals surface area contributed by atoms with Crippen molar-refractivity contribution in [3.05, 3.63) is 24.4 Å². The average molecular weight is 189 g/mol. The fourth-order valence-corrected chi connectivity index (χ4v) is 1.62. The number of hydrogen-bond donors (Lipinski definition) is 1. The molecule has 3 rings (SSSR count). The van der Waals surface area contributed by atoms with Crippen molar-refractivity contribution in [3.8, 4) is 11.5 Å². The number of oxazole rings is 1. The third-order valence-corrected chi connectivity index (χ3v) is 2.57. The van der Waals surface area contributed by atoms with Crippen LogP contribution in [0.5, 0.6) is 0 Å². The van der Waals surface area contributed by atoms with Gasteiger partial charge in [-0.05, 0) is 25.2 Å². The lowest BCUT2D eigenvalue weighted by atomic mass is 10.1. The molecule has 0 aliphatic heterocycles. The number of aromatic amines is 1. The van der Waals surface area contributed by atoms with Crippen LogP contribution >= 0.6 is 0 Å². The molecule has 1 fully saturated rings. The van der Waals surface area contributed by atoms with Crippen LogP contribution < -0.4 is 0 Å². The van der Waals surface area contributed by atoms with E-state index in [1.165, 1.54) is 12.8 Å². The topological polar surface area (TPSA) is 54.7 Å². The summed E-state index contributed by atoms with van der Waals surface area (Å²) in [5, 5.41) is 7.05. The maximum atomic E-state index is 5.25. The largest absolute Gasteiger partial charge is 0.444 e. The molecule has 0 radical (unpaired) electrons. The van der Waals surface area contributed by atoms with E-state index >= 15 is 0 Å². The Bertz CT molecular complexity index is 414. The highest BCUT2D eigenvalue weighted by molar-refractivity contribution is 5.54. The second-order valence-electron chi connectivity index (χ2n) is 3.75. The number of rotatable bonds is 3. The van der Waals surface area contributed by atoms with E-state index in [1.54, 1.807) is 18.7 Å². The molecule has 0 spiro atoms. The molecular formula is C10H11N3O. The highest BCUT2D eigenvalue weighted by Gasteiger charge is 2.24. The maximum Gasteiger partial charge on any atom is 0.229 e. The molecule has 0 saturated heterocycles. The highest BCUT2D eigenvalue weighted by Crippen LogP contribution is 2.34. The van der Waals surface area contributed by atoms with Gasteiger partial charge in [0.05, 0.1) is 18.0 Å². The monoisotopic (exact) mass is 189 g/mol. The minimum Gasteiger partial charge on any atom is -0.444 e. The van der Waals surface area contributed by atoms with Gasteiger partial charge in [-0.15, -0.1) is 0 Å². The number of nitrogens with one attached hydrogen (secondary N) is 1. The molecule has 2 aromatic rings. The summed E-state index contributed by atoms with van der Waals surface area (Å²) in [6, 6.07) is 0. The SMILES string of the molecule is c1coc(-c2cn[nH]c2CC2CC2)n1. The predicted molar refractivity (Wildman–Crippen MR) is 50.5 cm³/mol. The normalized spacial score (nSPS) is 16.0. The van der Waals surface area contributed by atoms with Gasteiger partial charge in [0, 0.05) is 5.69 Å². The molecule has 0 unspecified atom stereocenters. The molecular weight excluding hydrogens is 178 g/mol. The van der Waals surface area contributed by atoms with Crippen molar-refractivity contribution in [2.24, 2.45) is 5.92 Å². The van der Waals surface area contributed by atoms with Gasteiger partial charge in [0.15, 0.2) is 0 Å². The summed E-state index contributed by atoms with van der Waals surface area (Å²) in [5.74, 6) is 1.50. The lowest BCUT2D eigenvalue weighted by Crippen LogP contribution is -1.90. The van der Waals surface area contributed by atoms with E-state index < -0.39 is 0 Å². The van der Waals surface area contributed by atoms with E-state index in [2.05, 4.69) is 15.2 Å². The Balaban J connectivity index is 1.92. The van der Waals surface area contributed by atoms with Gasteiger partial charge in [0.25, 0.3) is 0 Å². The first kappa shape index (κ1) is 7.79. The van der Waals surface area contributed by atoms with Crippen LogP contribution in [0.25, 0.3) is 11.5 Å². The lowest BCUT2D eigenvalue weighted by Gasteiger charge is -1.96. The van der Waals surface area contributed by atoms with Crippen molar-refractivity contribution in [2.75, 3.05) is 0 Å². The Labute approximate surface area is 81.4 Å². The summed E-state index contributed by atoms with van der Waals surface area (Å²) in [6.07, 6.45) is 8.77. The smallest absolute Gasteiger partial charge is 0.229 e. The fourth-order valence-electron chi connectivity index (χ4n) is 1.62. The molecule has 1 saturated carbocycles. The number of nitrogens with zero attached hydrogens (tertiary/aromatic N) is 2. The Hall–Kier alpha value is -1.58. The van der Waals surface area contributed by atoms with Gasteiger partial charge in [-0.1, -0.05) is 0 Å². The molecule has 1 N–H and O–H groups in total. The van der Waals surface area contributed by atoms with Gasteiger partial charge in [-0.2, -0.15) is 5.10 Å². The van der Waals surface area contributed by atoms with Crippen molar-refractivity contribution in [1.82, 2.24) is 15.2 Å². The van der Waals surface area contributed by atoms with Crippen LogP contribution in [0, 0.1) is 5.92 Å². The van der Waals surface area contributed by atoms with Crippen LogP contribution in [0.2, 0.25) is 0 Å². The first-order chi connectivity index (χ1) is 6.93. The van der Waals surface area contributed by atoms with Crippen LogP contribution in [0.1, 0.15) is 18.5 Å². The Morgan fingerprint density at radius 1 is 1.50 bits per heavy atom. The van der Waals surface area contributed by atoms with Crippen LogP contribution in [-0.4, -0.2) is 15.2 Å². The van der Waals surface area contributed by atoms with E-state index in [0.29, 0.717) is 5.89 Å². The number of hydrogen-bond acceptors (Lipinski definition) is 3. The van der Waals surface area contributed by atoms with Gasteiger partial charge in [0.2, 0.25) is 5.89 Å². The minimum atomic E-state index is 0.661. The Kier molecular flexibility index (Phi) is 1.65. The minimum absolute atomic E-state index is 0.661. The van der Waals surface area contributed by atoms with Gasteiger partial charge in [0.1, 0.15) is 6.26 Å². The zero-order chi connectivity index (χ0) is 9.38. The first-order valence-corrected chi connectivity index (χ1v) is 4.85. The summed E-state index contributed by atoms with van der Waals surface area (Å²) in [4.78, 5) is 4.12. The lowest BCUT2D eigenvalue weighted by molar-refractivity contribution is 0.573. The third kappa shape index (κ3) is 1.32. The zero-order valence-electron chi connectivity index (χ0n) is 7.73. The van der Waals surface area contributed by atoms with E-state index in [-0.39, 0.29) is 0 Å². The quantitative estimate of drug-likeness (QED) is 0.803. The molecule has 72 valence electrons. The Morgan fingerprint density at radius 2 is 2.43 bits per heavy atom. The molecule has 14 heavy (non-hydrogen) atoms. The van der Waals surface area contributed by atoms with Gasteiger partial charge in [-0.3, -0.25) is 5.10 Å². The van der Waals surface area contributed by atoms with Crippen molar-refractivity contribution in [3.63, 3.8) is 0 Å². The molecule has 0 atom stereocenters. The van der Waals surface area contributed by atoms with Gasteiger partial charge in [-0.25, -0.2) is 4.98 Å². The van der Waals surface area contributed by atoms with E-state index in [9.17, 15) is 0 Å². The van der Waals surface area contributed by atoms with E-state index in [4.69, 9.17) is 4.42 Å². The standard InChI is InChI=1S/C10H11N3O/c1-2-7(1)5-9-8(6-12-13-9)10-11-3-4-14-10/h3-4,6-7H,1-2,5H2,(H,12,13). The summed E-state index contributed by atoms with van der Waals surface area (Å²) in [7, 11) is 0. The summed E-state index contributed by atoms with van der Waals surface area (Å²) in [5.41, 5.74) is 2.15. The summed E-state index contributed by atoms with van der Waals surface area (Å²) < 4.78 is 5.25. The van der Waals surface area contributed by atoms with E-state index in [0.717, 1.165) is 23.6 Å². The molecule has 4 heteroatoms. The average Bonchev–Trinajstić information content (AvgIpc) is 2.68. The van der Waals surface area contributed by atoms with Crippen LogP contribution in [0.3, 0.4) is 0 Å². The second kappa shape index (κ2) is 2.97. The van der Waals surface area contributed by atoms with Crippen molar-refractivity contribution in [2.45, 2.75) is 19.3 Å². The zero-order valence-corrected chi connectivity index (χ0v) is 7.73. The van der Waals surface area contributed by atoms with Crippen LogP contribution in [-0.2, 0) is 6.42 Å². The molecule has 1 aliphatic carbocycles. The van der Waals surface area contributed by atoms with Crippen LogP contribution in [0.4, 0.5) is 0 Å². The molecule has 0 bridgehead atoms. The van der Waals surface area contributed by atoms with Gasteiger partial charge < -0.3 is 4.42 Å². The predicted octanol–water partition coefficient (Wildman–Crippen LogP) is 2.02. The summed E-state index contributed by atoms with van der Waals surface area (Å²) in [6.45, 7) is 0. The molecule has 1 aliphatic rings. The second-order valence-corrected chi connectivity index (χ2v) is 3.75. The van der Waals surface area contributed by atoms with Crippen molar-refractivity contribution < 1.29 is 4.42 Å². The maximum absolute atomic E-state index is 5.25. The molecule has 2 heterocycles. The summed E-state index contributed by atoms with van der Waals surface area (Å²) >= 11 is 0.